The van der Waals surface area contributed by atoms with Crippen LogP contribution >= 0.6 is 0 Å². The molecule has 2 aromatic carbocycles. The fraction of sp³-hybridized carbons (Fsp3) is 0.333. The largest absolute Gasteiger partial charge is 0.481 e. The number of Topliss-reactive ketones (excluding diaryl/α,β-unsaturated/α-hetero) is 2. The van der Waals surface area contributed by atoms with E-state index in [-0.39, 0.29) is 31.1 Å². The van der Waals surface area contributed by atoms with Gasteiger partial charge < -0.3 is 9.47 Å². The van der Waals surface area contributed by atoms with Crippen LogP contribution in [0.1, 0.15) is 46.9 Å². The highest BCUT2D eigenvalue weighted by Crippen LogP contribution is 2.16. The summed E-state index contributed by atoms with van der Waals surface area (Å²) >= 11 is 0. The Hall–Kier alpha value is -3.32. The number of benzene rings is 2. The minimum atomic E-state index is -0.847. The monoisotopic (exact) mass is 422 g/mol. The first-order valence-corrected chi connectivity index (χ1v) is 10.4. The average molecular weight is 422 g/mol. The first-order valence-electron chi connectivity index (χ1n) is 10.4. The summed E-state index contributed by atoms with van der Waals surface area (Å²) in [6, 6.07) is 17.3. The number of amides is 2. The summed E-state index contributed by atoms with van der Waals surface area (Å²) in [5.74, 6) is 0.133. The Bertz CT molecular complexity index is 928. The molecule has 0 saturated heterocycles. The summed E-state index contributed by atoms with van der Waals surface area (Å²) < 4.78 is 11.1. The van der Waals surface area contributed by atoms with Crippen LogP contribution in [0.25, 0.3) is 0 Å². The number of aliphatic imine (C=N–C) groups is 1. The van der Waals surface area contributed by atoms with Gasteiger partial charge in [0.2, 0.25) is 0 Å². The number of urea groups is 1. The Morgan fingerprint density at radius 1 is 1.03 bits per heavy atom. The molecule has 1 unspecified atom stereocenters. The summed E-state index contributed by atoms with van der Waals surface area (Å²) in [5, 5.41) is 0. The van der Waals surface area contributed by atoms with Crippen molar-refractivity contribution in [2.24, 2.45) is 4.99 Å². The van der Waals surface area contributed by atoms with Gasteiger partial charge in [0, 0.05) is 30.5 Å². The lowest BCUT2D eigenvalue weighted by molar-refractivity contribution is -0.00247. The molecule has 0 bridgehead atoms. The maximum atomic E-state index is 13.0. The molecule has 162 valence electrons. The van der Waals surface area contributed by atoms with E-state index in [0.29, 0.717) is 36.6 Å². The van der Waals surface area contributed by atoms with Crippen LogP contribution in [0.4, 0.5) is 4.79 Å². The van der Waals surface area contributed by atoms with Gasteiger partial charge in [0.15, 0.2) is 17.5 Å². The second kappa shape index (κ2) is 11.2. The molecule has 1 aliphatic rings. The second-order valence-electron chi connectivity index (χ2n) is 7.08. The lowest BCUT2D eigenvalue weighted by atomic mass is 9.99. The molecular weight excluding hydrogens is 396 g/mol. The first-order chi connectivity index (χ1) is 15.1. The van der Waals surface area contributed by atoms with Gasteiger partial charge in [-0.15, -0.1) is 0 Å². The maximum Gasteiger partial charge on any atom is 0.348 e. The standard InChI is InChI=1S/C24H26N2O5/c1-2-30-22-15-16-26(24(29)25-22)17-31-21(23(28)19-11-7-4-8-12-19)14-13-20(27)18-9-5-3-6-10-18/h3-12,21H,2,13-17H2,1H3. The third kappa shape index (κ3) is 6.33. The highest BCUT2D eigenvalue weighted by atomic mass is 16.5. The van der Waals surface area contributed by atoms with Crippen LogP contribution in [0.15, 0.2) is 65.7 Å². The van der Waals surface area contributed by atoms with Crippen molar-refractivity contribution in [3.63, 3.8) is 0 Å². The molecule has 1 atom stereocenters. The van der Waals surface area contributed by atoms with E-state index in [1.165, 1.54) is 4.90 Å². The average Bonchev–Trinajstić information content (AvgIpc) is 2.81. The highest BCUT2D eigenvalue weighted by molar-refractivity contribution is 6.00. The molecule has 0 radical (unpaired) electrons. The smallest absolute Gasteiger partial charge is 0.348 e. The summed E-state index contributed by atoms with van der Waals surface area (Å²) in [7, 11) is 0. The van der Waals surface area contributed by atoms with Crippen molar-refractivity contribution in [2.75, 3.05) is 19.9 Å². The zero-order chi connectivity index (χ0) is 22.1. The zero-order valence-electron chi connectivity index (χ0n) is 17.5. The summed E-state index contributed by atoms with van der Waals surface area (Å²) in [5.41, 5.74) is 1.10. The second-order valence-corrected chi connectivity index (χ2v) is 7.08. The third-order valence-electron chi connectivity index (χ3n) is 4.91. The summed E-state index contributed by atoms with van der Waals surface area (Å²) in [6.45, 7) is 2.60. The quantitative estimate of drug-likeness (QED) is 0.537. The number of carbonyl (C=O) groups excluding carboxylic acids is 3. The minimum absolute atomic E-state index is 0.0601. The van der Waals surface area contributed by atoms with Crippen molar-refractivity contribution in [3.05, 3.63) is 71.8 Å². The van der Waals surface area contributed by atoms with Crippen molar-refractivity contribution >= 4 is 23.5 Å². The first kappa shape index (κ1) is 22.4. The van der Waals surface area contributed by atoms with Crippen LogP contribution in [-0.2, 0) is 9.47 Å². The van der Waals surface area contributed by atoms with Gasteiger partial charge in [-0.05, 0) is 13.3 Å². The minimum Gasteiger partial charge on any atom is -0.481 e. The van der Waals surface area contributed by atoms with Crippen molar-refractivity contribution in [2.45, 2.75) is 32.3 Å². The Morgan fingerprint density at radius 3 is 2.29 bits per heavy atom. The fourth-order valence-electron chi connectivity index (χ4n) is 3.24. The van der Waals surface area contributed by atoms with Gasteiger partial charge in [0.25, 0.3) is 0 Å². The van der Waals surface area contributed by atoms with E-state index >= 15 is 0 Å². The highest BCUT2D eigenvalue weighted by Gasteiger charge is 2.26. The SMILES string of the molecule is CCOC1=NC(=O)N(COC(CCC(=O)c2ccccc2)C(=O)c2ccccc2)CC1. The molecule has 2 amide bonds. The van der Waals surface area contributed by atoms with E-state index in [4.69, 9.17) is 9.47 Å². The van der Waals surface area contributed by atoms with Gasteiger partial charge >= 0.3 is 6.03 Å². The van der Waals surface area contributed by atoms with Crippen LogP contribution in [0.5, 0.6) is 0 Å². The normalized spacial score (nSPS) is 14.7. The maximum absolute atomic E-state index is 13.0. The Labute approximate surface area is 181 Å². The van der Waals surface area contributed by atoms with E-state index < -0.39 is 12.1 Å². The van der Waals surface area contributed by atoms with Crippen LogP contribution in [0.3, 0.4) is 0 Å². The molecule has 7 nitrogen and oxygen atoms in total. The zero-order valence-corrected chi connectivity index (χ0v) is 17.5. The third-order valence-corrected chi connectivity index (χ3v) is 4.91. The van der Waals surface area contributed by atoms with Crippen LogP contribution in [0, 0.1) is 0 Å². The van der Waals surface area contributed by atoms with Gasteiger partial charge in [-0.3, -0.25) is 14.5 Å². The molecule has 31 heavy (non-hydrogen) atoms. The fourth-order valence-corrected chi connectivity index (χ4v) is 3.24. The molecule has 0 N–H and O–H groups in total. The Balaban J connectivity index is 1.65. The predicted octanol–water partition coefficient (Wildman–Crippen LogP) is 4.14. The van der Waals surface area contributed by atoms with Gasteiger partial charge in [0.05, 0.1) is 6.61 Å². The Kier molecular flexibility index (Phi) is 8.06. The van der Waals surface area contributed by atoms with Gasteiger partial charge in [-0.1, -0.05) is 60.7 Å². The number of hydrogen-bond acceptors (Lipinski definition) is 5. The summed E-state index contributed by atoms with van der Waals surface area (Å²) in [6.07, 6.45) is 0.0254. The van der Waals surface area contributed by atoms with Crippen molar-refractivity contribution in [3.8, 4) is 0 Å². The van der Waals surface area contributed by atoms with Crippen molar-refractivity contribution in [1.82, 2.24) is 4.90 Å². The molecule has 0 spiro atoms. The predicted molar refractivity (Wildman–Crippen MR) is 116 cm³/mol. The molecule has 0 saturated carbocycles. The van der Waals surface area contributed by atoms with Gasteiger partial charge in [0.1, 0.15) is 12.8 Å². The molecule has 3 rings (SSSR count). The number of rotatable bonds is 10. The van der Waals surface area contributed by atoms with Crippen LogP contribution in [-0.4, -0.2) is 54.4 Å². The lowest BCUT2D eigenvalue weighted by Crippen LogP contribution is -2.40. The summed E-state index contributed by atoms with van der Waals surface area (Å²) in [4.78, 5) is 43.1. The molecule has 1 aliphatic heterocycles. The van der Waals surface area contributed by atoms with Gasteiger partial charge in [-0.25, -0.2) is 4.79 Å². The Morgan fingerprint density at radius 2 is 1.68 bits per heavy atom. The molecule has 7 heteroatoms. The number of nitrogens with zero attached hydrogens (tertiary/aromatic N) is 2. The van der Waals surface area contributed by atoms with E-state index in [2.05, 4.69) is 4.99 Å². The molecule has 0 aliphatic carbocycles. The molecule has 0 aromatic heterocycles. The van der Waals surface area contributed by atoms with Crippen molar-refractivity contribution < 1.29 is 23.9 Å². The molecule has 2 aromatic rings. The van der Waals surface area contributed by atoms with Crippen LogP contribution < -0.4 is 0 Å². The van der Waals surface area contributed by atoms with E-state index in [1.54, 1.807) is 48.5 Å². The number of hydrogen-bond donors (Lipinski definition) is 0. The van der Waals surface area contributed by atoms with Crippen molar-refractivity contribution in [1.29, 1.82) is 0 Å². The molecule has 0 fully saturated rings. The lowest BCUT2D eigenvalue weighted by Gasteiger charge is -2.26. The number of carbonyl (C=O) groups is 3. The number of ketones is 2. The van der Waals surface area contributed by atoms with E-state index in [0.717, 1.165) is 0 Å². The number of ether oxygens (including phenoxy) is 2. The molecular formula is C24H26N2O5. The van der Waals surface area contributed by atoms with E-state index in [9.17, 15) is 14.4 Å². The van der Waals surface area contributed by atoms with E-state index in [1.807, 2.05) is 19.1 Å². The van der Waals surface area contributed by atoms with Gasteiger partial charge in [-0.2, -0.15) is 4.99 Å². The topological polar surface area (TPSA) is 85.3 Å². The molecule has 1 heterocycles. The van der Waals surface area contributed by atoms with Crippen LogP contribution in [0.2, 0.25) is 0 Å².